The summed E-state index contributed by atoms with van der Waals surface area (Å²) < 4.78 is 0. The van der Waals surface area contributed by atoms with Crippen molar-refractivity contribution in [2.45, 2.75) is 58.4 Å². The predicted molar refractivity (Wildman–Crippen MR) is 137 cm³/mol. The fourth-order valence-electron chi connectivity index (χ4n) is 4.47. The molecule has 4 rings (SSSR count). The van der Waals surface area contributed by atoms with Gasteiger partial charge in [-0.25, -0.2) is 4.98 Å². The topological polar surface area (TPSA) is 71.1 Å². The van der Waals surface area contributed by atoms with E-state index < -0.39 is 5.54 Å². The summed E-state index contributed by atoms with van der Waals surface area (Å²) in [5.41, 5.74) is 3.89. The Labute approximate surface area is 202 Å². The maximum absolute atomic E-state index is 13.2. The molecule has 1 aliphatic rings. The van der Waals surface area contributed by atoms with E-state index in [0.717, 1.165) is 35.2 Å². The van der Waals surface area contributed by atoms with E-state index in [1.54, 1.807) is 13.8 Å². The third kappa shape index (κ3) is 5.90. The van der Waals surface area contributed by atoms with Crippen molar-refractivity contribution >= 4 is 17.6 Å². The van der Waals surface area contributed by atoms with Gasteiger partial charge in [0.05, 0.1) is 5.69 Å². The van der Waals surface area contributed by atoms with Crippen LogP contribution < -0.4 is 10.6 Å². The Hall–Kier alpha value is -3.47. The molecule has 0 spiro atoms. The molecule has 1 aliphatic carbocycles. The lowest BCUT2D eigenvalue weighted by molar-refractivity contribution is -0.129. The quantitative estimate of drug-likeness (QED) is 0.450. The van der Waals surface area contributed by atoms with E-state index in [0.29, 0.717) is 18.2 Å². The van der Waals surface area contributed by atoms with E-state index in [-0.39, 0.29) is 11.8 Å². The number of anilines is 1. The second kappa shape index (κ2) is 10.2. The summed E-state index contributed by atoms with van der Waals surface area (Å²) >= 11 is 0. The second-order valence-electron chi connectivity index (χ2n) is 9.84. The van der Waals surface area contributed by atoms with Gasteiger partial charge in [-0.15, -0.1) is 0 Å². The molecule has 0 radical (unpaired) electrons. The van der Waals surface area contributed by atoms with E-state index in [2.05, 4.69) is 41.8 Å². The van der Waals surface area contributed by atoms with Gasteiger partial charge in [-0.3, -0.25) is 9.59 Å². The molecule has 0 bridgehead atoms. The number of nitrogens with zero attached hydrogens (tertiary/aromatic N) is 1. The minimum absolute atomic E-state index is 0.0709. The van der Waals surface area contributed by atoms with E-state index in [1.807, 2.05) is 42.5 Å². The largest absolute Gasteiger partial charge is 0.342 e. The van der Waals surface area contributed by atoms with Gasteiger partial charge in [-0.2, -0.15) is 0 Å². The van der Waals surface area contributed by atoms with Crippen molar-refractivity contribution < 1.29 is 9.59 Å². The van der Waals surface area contributed by atoms with Crippen molar-refractivity contribution in [2.75, 3.05) is 5.32 Å². The summed E-state index contributed by atoms with van der Waals surface area (Å²) in [6, 6.07) is 22.1. The minimum atomic E-state index is -1.05. The number of carbonyl (C=O) groups is 2. The van der Waals surface area contributed by atoms with Crippen LogP contribution in [0.2, 0.25) is 0 Å². The minimum Gasteiger partial charge on any atom is -0.342 e. The Balaban J connectivity index is 1.57. The normalized spacial score (nSPS) is 14.1. The SMILES string of the molecule is Cc1ccc(-c2cc(NC(=O)C(C)(C)NC(=O)CC3CCCC3)nc(-c3ccccc3)c2)cc1. The highest BCUT2D eigenvalue weighted by atomic mass is 16.2. The maximum Gasteiger partial charge on any atom is 0.250 e. The van der Waals surface area contributed by atoms with Crippen LogP contribution in [0.4, 0.5) is 5.82 Å². The van der Waals surface area contributed by atoms with Crippen molar-refractivity contribution in [3.8, 4) is 22.4 Å². The first kappa shape index (κ1) is 23.7. The standard InChI is InChI=1S/C29H33N3O2/c1-20-13-15-22(16-14-20)24-18-25(23-11-5-4-6-12-23)30-26(19-24)31-28(34)29(2,3)32-27(33)17-21-9-7-8-10-21/h4-6,11-16,18-19,21H,7-10,17H2,1-3H3,(H,32,33)(H,30,31,34). The molecule has 176 valence electrons. The van der Waals surface area contributed by atoms with Gasteiger partial charge in [0, 0.05) is 12.0 Å². The number of amides is 2. The molecule has 3 aromatic rings. The van der Waals surface area contributed by atoms with Crippen LogP contribution in [0.25, 0.3) is 22.4 Å². The van der Waals surface area contributed by atoms with Crippen LogP contribution in [0, 0.1) is 12.8 Å². The molecule has 0 aliphatic heterocycles. The second-order valence-corrected chi connectivity index (χ2v) is 9.84. The summed E-state index contributed by atoms with van der Waals surface area (Å²) in [5, 5.41) is 5.87. The van der Waals surface area contributed by atoms with E-state index in [1.165, 1.54) is 18.4 Å². The first-order valence-corrected chi connectivity index (χ1v) is 12.1. The molecular formula is C29H33N3O2. The lowest BCUT2D eigenvalue weighted by Crippen LogP contribution is -2.52. The molecule has 1 saturated carbocycles. The third-order valence-corrected chi connectivity index (χ3v) is 6.49. The number of hydrogen-bond acceptors (Lipinski definition) is 3. The van der Waals surface area contributed by atoms with Crippen LogP contribution in [0.1, 0.15) is 51.5 Å². The summed E-state index contributed by atoms with van der Waals surface area (Å²) in [4.78, 5) is 30.5. The molecule has 1 heterocycles. The highest BCUT2D eigenvalue weighted by Gasteiger charge is 2.31. The van der Waals surface area contributed by atoms with Crippen LogP contribution >= 0.6 is 0 Å². The molecule has 1 fully saturated rings. The van der Waals surface area contributed by atoms with Gasteiger partial charge in [0.15, 0.2) is 0 Å². The third-order valence-electron chi connectivity index (χ3n) is 6.49. The first-order valence-electron chi connectivity index (χ1n) is 12.1. The summed E-state index contributed by atoms with van der Waals surface area (Å²) in [6.07, 6.45) is 5.05. The zero-order chi connectivity index (χ0) is 24.1. The van der Waals surface area contributed by atoms with Crippen LogP contribution in [0.5, 0.6) is 0 Å². The van der Waals surface area contributed by atoms with Crippen LogP contribution in [0.15, 0.2) is 66.7 Å². The van der Waals surface area contributed by atoms with E-state index >= 15 is 0 Å². The first-order chi connectivity index (χ1) is 16.3. The van der Waals surface area contributed by atoms with E-state index in [9.17, 15) is 9.59 Å². The highest BCUT2D eigenvalue weighted by molar-refractivity contribution is 6.00. The highest BCUT2D eigenvalue weighted by Crippen LogP contribution is 2.29. The van der Waals surface area contributed by atoms with Crippen LogP contribution in [-0.2, 0) is 9.59 Å². The molecule has 2 amide bonds. The molecule has 1 aromatic heterocycles. The molecule has 5 nitrogen and oxygen atoms in total. The van der Waals surface area contributed by atoms with Crippen molar-refractivity contribution in [1.29, 1.82) is 0 Å². The van der Waals surface area contributed by atoms with Crippen LogP contribution in [0.3, 0.4) is 0 Å². The van der Waals surface area contributed by atoms with E-state index in [4.69, 9.17) is 4.98 Å². The predicted octanol–water partition coefficient (Wildman–Crippen LogP) is 6.14. The van der Waals surface area contributed by atoms with Crippen molar-refractivity contribution in [1.82, 2.24) is 10.3 Å². The molecule has 2 N–H and O–H groups in total. The van der Waals surface area contributed by atoms with Gasteiger partial charge < -0.3 is 10.6 Å². The lowest BCUT2D eigenvalue weighted by Gasteiger charge is -2.26. The number of pyridine rings is 1. The number of hydrogen-bond donors (Lipinski definition) is 2. The molecule has 34 heavy (non-hydrogen) atoms. The zero-order valence-corrected chi connectivity index (χ0v) is 20.2. The molecule has 0 saturated heterocycles. The fraction of sp³-hybridized carbons (Fsp3) is 0.345. The smallest absolute Gasteiger partial charge is 0.250 e. The average molecular weight is 456 g/mol. The summed E-state index contributed by atoms with van der Waals surface area (Å²) in [5.74, 6) is 0.526. The number of rotatable bonds is 7. The van der Waals surface area contributed by atoms with Gasteiger partial charge in [-0.05, 0) is 62.8 Å². The number of carbonyl (C=O) groups excluding carboxylic acids is 2. The Morgan fingerprint density at radius 3 is 2.26 bits per heavy atom. The fourth-order valence-corrected chi connectivity index (χ4v) is 4.47. The zero-order valence-electron chi connectivity index (χ0n) is 20.2. The monoisotopic (exact) mass is 455 g/mol. The molecule has 0 atom stereocenters. The Bertz CT molecular complexity index is 1150. The van der Waals surface area contributed by atoms with Crippen molar-refractivity contribution in [3.63, 3.8) is 0 Å². The molecule has 0 unspecified atom stereocenters. The molecule has 2 aromatic carbocycles. The van der Waals surface area contributed by atoms with Gasteiger partial charge in [0.1, 0.15) is 11.4 Å². The van der Waals surface area contributed by atoms with Gasteiger partial charge >= 0.3 is 0 Å². The lowest BCUT2D eigenvalue weighted by atomic mass is 10.00. The average Bonchev–Trinajstić information content (AvgIpc) is 3.32. The van der Waals surface area contributed by atoms with Gasteiger partial charge in [-0.1, -0.05) is 73.0 Å². The number of aryl methyl sites for hydroxylation is 1. The number of aromatic nitrogens is 1. The summed E-state index contributed by atoms with van der Waals surface area (Å²) in [7, 11) is 0. The Morgan fingerprint density at radius 2 is 1.59 bits per heavy atom. The van der Waals surface area contributed by atoms with Crippen LogP contribution in [-0.4, -0.2) is 22.3 Å². The van der Waals surface area contributed by atoms with Gasteiger partial charge in [0.25, 0.3) is 5.91 Å². The number of nitrogens with one attached hydrogen (secondary N) is 2. The van der Waals surface area contributed by atoms with Gasteiger partial charge in [0.2, 0.25) is 5.91 Å². The van der Waals surface area contributed by atoms with Crippen molar-refractivity contribution in [2.24, 2.45) is 5.92 Å². The Morgan fingerprint density at radius 1 is 0.912 bits per heavy atom. The number of benzene rings is 2. The summed E-state index contributed by atoms with van der Waals surface area (Å²) in [6.45, 7) is 5.52. The molecular weight excluding hydrogens is 422 g/mol. The Kier molecular flexibility index (Phi) is 7.11. The van der Waals surface area contributed by atoms with Crippen molar-refractivity contribution in [3.05, 3.63) is 72.3 Å². The molecule has 5 heteroatoms. The maximum atomic E-state index is 13.2.